The molecule has 1 aliphatic heterocycles. The van der Waals surface area contributed by atoms with Crippen LogP contribution in [0, 0.1) is 0 Å². The number of nitrogens with zero attached hydrogens (tertiary/aromatic N) is 3. The van der Waals surface area contributed by atoms with E-state index in [4.69, 9.17) is 15.2 Å². The maximum atomic E-state index is 6.16. The first-order valence-electron chi connectivity index (χ1n) is 9.96. The smallest absolute Gasteiger partial charge is 0.225 e. The summed E-state index contributed by atoms with van der Waals surface area (Å²) in [6.45, 7) is 0.488. The first-order chi connectivity index (χ1) is 13.8. The van der Waals surface area contributed by atoms with Gasteiger partial charge in [-0.3, -0.25) is 0 Å². The van der Waals surface area contributed by atoms with Crippen LogP contribution in [0.1, 0.15) is 37.7 Å². The largest absolute Gasteiger partial charge is 0.474 e. The van der Waals surface area contributed by atoms with Crippen molar-refractivity contribution in [3.05, 3.63) is 54.4 Å². The second kappa shape index (κ2) is 7.28. The number of hydrogen-bond acceptors (Lipinski definition) is 5. The van der Waals surface area contributed by atoms with Crippen LogP contribution >= 0.6 is 0 Å². The molecule has 5 rings (SSSR count). The van der Waals surface area contributed by atoms with Crippen molar-refractivity contribution in [3.8, 4) is 28.6 Å². The Labute approximate surface area is 164 Å². The highest BCUT2D eigenvalue weighted by atomic mass is 16.5. The highest BCUT2D eigenvalue weighted by Crippen LogP contribution is 2.38. The molecule has 0 saturated heterocycles. The summed E-state index contributed by atoms with van der Waals surface area (Å²) >= 11 is 0. The normalized spacial score (nSPS) is 21.2. The van der Waals surface area contributed by atoms with Crippen molar-refractivity contribution >= 4 is 0 Å². The van der Waals surface area contributed by atoms with Gasteiger partial charge in [-0.15, -0.1) is 0 Å². The molecular formula is C22H24N4O2. The number of hydrogen-bond donors (Lipinski definition) is 1. The van der Waals surface area contributed by atoms with E-state index in [0.29, 0.717) is 18.4 Å². The Morgan fingerprint density at radius 3 is 2.89 bits per heavy atom. The number of benzene rings is 1. The molecule has 1 aliphatic carbocycles. The van der Waals surface area contributed by atoms with Gasteiger partial charge in [0.25, 0.3) is 0 Å². The van der Waals surface area contributed by atoms with Crippen molar-refractivity contribution in [3.63, 3.8) is 0 Å². The number of aromatic nitrogens is 3. The van der Waals surface area contributed by atoms with E-state index in [-0.39, 0.29) is 12.1 Å². The van der Waals surface area contributed by atoms with E-state index in [9.17, 15) is 0 Å². The number of ether oxygens (including phenoxy) is 2. The lowest BCUT2D eigenvalue weighted by Gasteiger charge is -2.23. The quantitative estimate of drug-likeness (QED) is 0.703. The first-order valence-corrected chi connectivity index (χ1v) is 9.96. The third-order valence-electron chi connectivity index (χ3n) is 5.55. The van der Waals surface area contributed by atoms with Crippen molar-refractivity contribution in [2.75, 3.05) is 0 Å². The molecule has 3 heterocycles. The van der Waals surface area contributed by atoms with Gasteiger partial charge in [-0.25, -0.2) is 4.68 Å². The number of rotatable bonds is 3. The van der Waals surface area contributed by atoms with Gasteiger partial charge in [0.05, 0.1) is 5.69 Å². The SMILES string of the molecule is N[C@H]1CCCC[C@@H](Oc2ccc3c(n2)OCc2cc(-n4cccn4)ccc2-3)C1. The fraction of sp³-hybridized carbons (Fsp3) is 0.364. The third-order valence-corrected chi connectivity index (χ3v) is 5.55. The van der Waals surface area contributed by atoms with Crippen LogP contribution in [0.25, 0.3) is 16.8 Å². The van der Waals surface area contributed by atoms with Gasteiger partial charge in [0.1, 0.15) is 12.7 Å². The zero-order chi connectivity index (χ0) is 18.9. The highest BCUT2D eigenvalue weighted by molar-refractivity contribution is 5.74. The van der Waals surface area contributed by atoms with Gasteiger partial charge in [0.2, 0.25) is 11.8 Å². The Balaban J connectivity index is 1.39. The molecule has 3 aromatic rings. The molecule has 2 N–H and O–H groups in total. The minimum absolute atomic E-state index is 0.135. The highest BCUT2D eigenvalue weighted by Gasteiger charge is 2.23. The molecule has 1 aromatic carbocycles. The molecule has 0 amide bonds. The van der Waals surface area contributed by atoms with Crippen molar-refractivity contribution in [1.82, 2.24) is 14.8 Å². The summed E-state index contributed by atoms with van der Waals surface area (Å²) in [4.78, 5) is 4.63. The summed E-state index contributed by atoms with van der Waals surface area (Å²) in [5, 5.41) is 4.30. The summed E-state index contributed by atoms with van der Waals surface area (Å²) in [7, 11) is 0. The lowest BCUT2D eigenvalue weighted by Crippen LogP contribution is -2.27. The van der Waals surface area contributed by atoms with Gasteiger partial charge < -0.3 is 15.2 Å². The van der Waals surface area contributed by atoms with Gasteiger partial charge in [-0.2, -0.15) is 10.1 Å². The fourth-order valence-electron chi connectivity index (χ4n) is 4.11. The number of pyridine rings is 1. The Kier molecular flexibility index (Phi) is 4.49. The van der Waals surface area contributed by atoms with Crippen molar-refractivity contribution in [2.45, 2.75) is 50.9 Å². The molecule has 0 bridgehead atoms. The molecule has 0 unspecified atom stereocenters. The molecule has 2 aromatic heterocycles. The van der Waals surface area contributed by atoms with Crippen molar-refractivity contribution in [1.29, 1.82) is 0 Å². The summed E-state index contributed by atoms with van der Waals surface area (Å²) in [5.41, 5.74) is 10.5. The van der Waals surface area contributed by atoms with Gasteiger partial charge in [-0.05, 0) is 61.1 Å². The van der Waals surface area contributed by atoms with E-state index < -0.39 is 0 Å². The van der Waals surface area contributed by atoms with E-state index >= 15 is 0 Å². The molecule has 6 nitrogen and oxygen atoms in total. The van der Waals surface area contributed by atoms with Crippen LogP contribution in [-0.4, -0.2) is 26.9 Å². The van der Waals surface area contributed by atoms with Crippen LogP contribution in [0.15, 0.2) is 48.8 Å². The molecule has 6 heteroatoms. The van der Waals surface area contributed by atoms with Gasteiger partial charge >= 0.3 is 0 Å². The summed E-state index contributed by atoms with van der Waals surface area (Å²) in [6.07, 6.45) is 9.19. The topological polar surface area (TPSA) is 75.2 Å². The van der Waals surface area contributed by atoms with Crippen LogP contribution in [-0.2, 0) is 6.61 Å². The Morgan fingerprint density at radius 2 is 2.00 bits per heavy atom. The molecule has 144 valence electrons. The molecule has 28 heavy (non-hydrogen) atoms. The summed E-state index contributed by atoms with van der Waals surface area (Å²) in [5.74, 6) is 1.25. The number of fused-ring (bicyclic) bond motifs is 3. The monoisotopic (exact) mass is 376 g/mol. The standard InChI is InChI=1S/C22H24N4O2/c23-16-4-1-2-5-18(13-16)28-21-9-8-20-19-7-6-17(26-11-3-10-24-26)12-15(19)14-27-22(20)25-21/h3,6-12,16,18H,1-2,4-5,13-14,23H2/t16-,18+/m0/s1. The lowest BCUT2D eigenvalue weighted by atomic mass is 9.98. The molecule has 1 saturated carbocycles. The van der Waals surface area contributed by atoms with Crippen LogP contribution < -0.4 is 15.2 Å². The second-order valence-electron chi connectivity index (χ2n) is 7.60. The molecule has 2 aliphatic rings. The van der Waals surface area contributed by atoms with E-state index in [2.05, 4.69) is 28.3 Å². The van der Waals surface area contributed by atoms with Crippen LogP contribution in [0.4, 0.5) is 0 Å². The molecule has 1 fully saturated rings. The average Bonchev–Trinajstić information content (AvgIpc) is 3.17. The average molecular weight is 376 g/mol. The molecule has 0 spiro atoms. The fourth-order valence-corrected chi connectivity index (χ4v) is 4.11. The third kappa shape index (κ3) is 3.36. The predicted octanol–water partition coefficient (Wildman–Crippen LogP) is 3.87. The minimum Gasteiger partial charge on any atom is -0.474 e. The van der Waals surface area contributed by atoms with Crippen LogP contribution in [0.2, 0.25) is 0 Å². The molecule has 0 radical (unpaired) electrons. The van der Waals surface area contributed by atoms with Gasteiger partial charge in [0.15, 0.2) is 0 Å². The zero-order valence-electron chi connectivity index (χ0n) is 15.8. The Morgan fingerprint density at radius 1 is 1.11 bits per heavy atom. The summed E-state index contributed by atoms with van der Waals surface area (Å²) in [6, 6.07) is 12.4. The van der Waals surface area contributed by atoms with E-state index in [0.717, 1.165) is 48.1 Å². The van der Waals surface area contributed by atoms with Crippen molar-refractivity contribution in [2.24, 2.45) is 5.73 Å². The lowest BCUT2D eigenvalue weighted by molar-refractivity contribution is 0.168. The summed E-state index contributed by atoms with van der Waals surface area (Å²) < 4.78 is 13.9. The van der Waals surface area contributed by atoms with Crippen LogP contribution in [0.3, 0.4) is 0 Å². The van der Waals surface area contributed by atoms with Crippen molar-refractivity contribution < 1.29 is 9.47 Å². The first kappa shape index (κ1) is 17.3. The van der Waals surface area contributed by atoms with E-state index in [1.807, 2.05) is 29.1 Å². The van der Waals surface area contributed by atoms with E-state index in [1.54, 1.807) is 6.20 Å². The molecule has 2 atom stereocenters. The second-order valence-corrected chi connectivity index (χ2v) is 7.60. The predicted molar refractivity (Wildman–Crippen MR) is 107 cm³/mol. The van der Waals surface area contributed by atoms with Crippen LogP contribution in [0.5, 0.6) is 11.8 Å². The molecular weight excluding hydrogens is 352 g/mol. The zero-order valence-corrected chi connectivity index (χ0v) is 15.8. The van der Waals surface area contributed by atoms with E-state index in [1.165, 1.54) is 6.42 Å². The maximum Gasteiger partial charge on any atom is 0.225 e. The maximum absolute atomic E-state index is 6.16. The minimum atomic E-state index is 0.135. The number of nitrogens with two attached hydrogens (primary N) is 1. The Hall–Kier alpha value is -2.86. The van der Waals surface area contributed by atoms with Gasteiger partial charge in [-0.1, -0.05) is 12.5 Å². The van der Waals surface area contributed by atoms with Gasteiger partial charge in [0, 0.05) is 30.1 Å². The Bertz CT molecular complexity index is 971.